The summed E-state index contributed by atoms with van der Waals surface area (Å²) in [5, 5.41) is 3.52. The van der Waals surface area contributed by atoms with Crippen LogP contribution in [0.4, 0.5) is 5.69 Å². The van der Waals surface area contributed by atoms with E-state index in [1.165, 1.54) is 24.9 Å². The molecule has 0 atom stereocenters. The summed E-state index contributed by atoms with van der Waals surface area (Å²) >= 11 is 1.50. The third kappa shape index (κ3) is 5.76. The highest BCUT2D eigenvalue weighted by Crippen LogP contribution is 2.27. The monoisotopic (exact) mass is 405 g/mol. The quantitative estimate of drug-likeness (QED) is 0.362. The first kappa shape index (κ1) is 20.3. The lowest BCUT2D eigenvalue weighted by Gasteiger charge is -2.06. The molecule has 3 rings (SSSR count). The summed E-state index contributed by atoms with van der Waals surface area (Å²) in [7, 11) is 1.36. The Balaban J connectivity index is 1.69. The molecule has 2 aromatic carbocycles. The van der Waals surface area contributed by atoms with Crippen molar-refractivity contribution in [1.82, 2.24) is 9.97 Å². The van der Waals surface area contributed by atoms with E-state index in [-0.39, 0.29) is 11.9 Å². The van der Waals surface area contributed by atoms with Gasteiger partial charge in [0, 0.05) is 23.2 Å². The molecule has 146 valence electrons. The molecule has 1 amide bonds. The molecule has 3 aromatic rings. The molecule has 0 radical (unpaired) electrons. The van der Waals surface area contributed by atoms with Gasteiger partial charge in [0.25, 0.3) is 0 Å². The van der Waals surface area contributed by atoms with Crippen molar-refractivity contribution in [1.29, 1.82) is 0 Å². The highest BCUT2D eigenvalue weighted by atomic mass is 32.2. The van der Waals surface area contributed by atoms with Gasteiger partial charge >= 0.3 is 5.97 Å². The van der Waals surface area contributed by atoms with Crippen molar-refractivity contribution in [3.05, 3.63) is 90.4 Å². The summed E-state index contributed by atoms with van der Waals surface area (Å²) in [5.74, 6) is 0.0406. The van der Waals surface area contributed by atoms with E-state index in [9.17, 15) is 9.59 Å². The second-order valence-corrected chi connectivity index (χ2v) is 7.09. The second kappa shape index (κ2) is 9.66. The van der Waals surface area contributed by atoms with Gasteiger partial charge in [-0.1, -0.05) is 30.5 Å². The van der Waals surface area contributed by atoms with E-state index in [1.54, 1.807) is 18.3 Å². The average molecular weight is 405 g/mol. The van der Waals surface area contributed by atoms with Crippen molar-refractivity contribution in [3.63, 3.8) is 0 Å². The van der Waals surface area contributed by atoms with Crippen molar-refractivity contribution in [2.45, 2.75) is 16.3 Å². The molecule has 0 bridgehead atoms. The van der Waals surface area contributed by atoms with Gasteiger partial charge < -0.3 is 10.1 Å². The number of carbonyl (C=O) groups is 2. The molecule has 0 aliphatic heterocycles. The van der Waals surface area contributed by atoms with E-state index in [2.05, 4.69) is 21.9 Å². The Kier molecular flexibility index (Phi) is 6.76. The van der Waals surface area contributed by atoms with Crippen LogP contribution in [0.25, 0.3) is 0 Å². The van der Waals surface area contributed by atoms with Crippen molar-refractivity contribution < 1.29 is 14.3 Å². The average Bonchev–Trinajstić information content (AvgIpc) is 2.75. The molecule has 1 N–H and O–H groups in total. The van der Waals surface area contributed by atoms with Crippen LogP contribution in [-0.2, 0) is 16.0 Å². The molecule has 7 heteroatoms. The SMILES string of the molecule is C=CC(=O)Nc1ccc(Sc2ccnc(Cc3cccc(C(=O)OC)c3)n2)cc1. The van der Waals surface area contributed by atoms with E-state index in [1.807, 2.05) is 42.5 Å². The summed E-state index contributed by atoms with van der Waals surface area (Å²) in [6.07, 6.45) is 3.45. The predicted molar refractivity (Wildman–Crippen MR) is 112 cm³/mol. The molecular weight excluding hydrogens is 386 g/mol. The first-order valence-electron chi connectivity index (χ1n) is 8.78. The number of hydrogen-bond acceptors (Lipinski definition) is 6. The molecule has 29 heavy (non-hydrogen) atoms. The van der Waals surface area contributed by atoms with Crippen molar-refractivity contribution in [2.75, 3.05) is 12.4 Å². The van der Waals surface area contributed by atoms with Crippen LogP contribution >= 0.6 is 11.8 Å². The van der Waals surface area contributed by atoms with Crippen LogP contribution in [-0.4, -0.2) is 29.0 Å². The van der Waals surface area contributed by atoms with Crippen molar-refractivity contribution in [3.8, 4) is 0 Å². The first-order chi connectivity index (χ1) is 14.1. The third-order valence-electron chi connectivity index (χ3n) is 3.92. The molecule has 6 nitrogen and oxygen atoms in total. The molecule has 0 spiro atoms. The van der Waals surface area contributed by atoms with Crippen LogP contribution in [0, 0.1) is 0 Å². The minimum absolute atomic E-state index is 0.248. The zero-order valence-electron chi connectivity index (χ0n) is 15.8. The Labute approximate surface area is 173 Å². The van der Waals surface area contributed by atoms with E-state index < -0.39 is 0 Å². The number of benzene rings is 2. The zero-order valence-corrected chi connectivity index (χ0v) is 16.6. The summed E-state index contributed by atoms with van der Waals surface area (Å²) < 4.78 is 4.76. The molecule has 0 saturated heterocycles. The lowest BCUT2D eigenvalue weighted by atomic mass is 10.1. The van der Waals surface area contributed by atoms with Gasteiger partial charge in [0.1, 0.15) is 10.9 Å². The summed E-state index contributed by atoms with van der Waals surface area (Å²) in [4.78, 5) is 32.9. The summed E-state index contributed by atoms with van der Waals surface area (Å²) in [5.41, 5.74) is 2.13. The smallest absolute Gasteiger partial charge is 0.337 e. The predicted octanol–water partition coefficient (Wildman–Crippen LogP) is 4.13. The number of anilines is 1. The first-order valence-corrected chi connectivity index (χ1v) is 9.59. The largest absolute Gasteiger partial charge is 0.465 e. The lowest BCUT2D eigenvalue weighted by molar-refractivity contribution is -0.111. The highest BCUT2D eigenvalue weighted by Gasteiger charge is 2.08. The number of nitrogens with one attached hydrogen (secondary N) is 1. The van der Waals surface area contributed by atoms with Crippen LogP contribution in [0.2, 0.25) is 0 Å². The number of nitrogens with zero attached hydrogens (tertiary/aromatic N) is 2. The Morgan fingerprint density at radius 3 is 2.69 bits per heavy atom. The fourth-order valence-corrected chi connectivity index (χ4v) is 3.35. The zero-order chi connectivity index (χ0) is 20.6. The number of carbonyl (C=O) groups excluding carboxylic acids is 2. The highest BCUT2D eigenvalue weighted by molar-refractivity contribution is 7.99. The molecule has 1 heterocycles. The van der Waals surface area contributed by atoms with Crippen molar-refractivity contribution in [2.24, 2.45) is 0 Å². The fourth-order valence-electron chi connectivity index (χ4n) is 2.55. The van der Waals surface area contributed by atoms with Gasteiger partial charge in [-0.15, -0.1) is 0 Å². The maximum absolute atomic E-state index is 11.7. The number of amides is 1. The van der Waals surface area contributed by atoms with Gasteiger partial charge in [0.05, 0.1) is 12.7 Å². The van der Waals surface area contributed by atoms with E-state index >= 15 is 0 Å². The molecule has 0 aliphatic carbocycles. The van der Waals surface area contributed by atoms with Crippen LogP contribution in [0.15, 0.2) is 83.4 Å². The Bertz CT molecular complexity index is 1040. The van der Waals surface area contributed by atoms with Crippen LogP contribution in [0.5, 0.6) is 0 Å². The molecular formula is C22H19N3O3S. The van der Waals surface area contributed by atoms with Gasteiger partial charge in [0.15, 0.2) is 0 Å². The third-order valence-corrected chi connectivity index (χ3v) is 4.86. The summed E-state index contributed by atoms with van der Waals surface area (Å²) in [6.45, 7) is 3.43. The molecule has 0 aliphatic rings. The standard InChI is InChI=1S/C22H19N3O3S/c1-3-20(26)24-17-7-9-18(10-8-17)29-21-11-12-23-19(25-21)14-15-5-4-6-16(13-15)22(27)28-2/h3-13H,1,14H2,2H3,(H,24,26). The molecule has 0 fully saturated rings. The van der Waals surface area contributed by atoms with Crippen LogP contribution in [0.3, 0.4) is 0 Å². The number of esters is 1. The van der Waals surface area contributed by atoms with Gasteiger partial charge in [-0.25, -0.2) is 14.8 Å². The van der Waals surface area contributed by atoms with Gasteiger partial charge in [-0.2, -0.15) is 0 Å². The maximum Gasteiger partial charge on any atom is 0.337 e. The second-order valence-electron chi connectivity index (χ2n) is 6.00. The van der Waals surface area contributed by atoms with E-state index in [0.29, 0.717) is 23.5 Å². The Hall–Kier alpha value is -3.45. The number of methoxy groups -OCH3 is 1. The Morgan fingerprint density at radius 2 is 1.97 bits per heavy atom. The fraction of sp³-hybridized carbons (Fsp3) is 0.0909. The number of rotatable bonds is 7. The van der Waals surface area contributed by atoms with Gasteiger partial charge in [-0.3, -0.25) is 4.79 Å². The lowest BCUT2D eigenvalue weighted by Crippen LogP contribution is -2.06. The molecule has 0 unspecified atom stereocenters. The Morgan fingerprint density at radius 1 is 1.17 bits per heavy atom. The summed E-state index contributed by atoms with van der Waals surface area (Å²) in [6, 6.07) is 16.5. The number of ether oxygens (including phenoxy) is 1. The minimum atomic E-state index is -0.371. The minimum Gasteiger partial charge on any atom is -0.465 e. The van der Waals surface area contributed by atoms with E-state index in [4.69, 9.17) is 4.74 Å². The van der Waals surface area contributed by atoms with Gasteiger partial charge in [0.2, 0.25) is 5.91 Å². The van der Waals surface area contributed by atoms with E-state index in [0.717, 1.165) is 15.5 Å². The topological polar surface area (TPSA) is 81.2 Å². The van der Waals surface area contributed by atoms with Gasteiger partial charge in [-0.05, 0) is 54.1 Å². The maximum atomic E-state index is 11.7. The normalized spacial score (nSPS) is 10.2. The number of aromatic nitrogens is 2. The van der Waals surface area contributed by atoms with Crippen LogP contribution < -0.4 is 5.32 Å². The molecule has 1 aromatic heterocycles. The van der Waals surface area contributed by atoms with Crippen LogP contribution in [0.1, 0.15) is 21.7 Å². The number of hydrogen-bond donors (Lipinski definition) is 1. The van der Waals surface area contributed by atoms with Crippen molar-refractivity contribution >= 4 is 29.3 Å². The molecule has 0 saturated carbocycles.